The van der Waals surface area contributed by atoms with E-state index in [9.17, 15) is 22.8 Å². The number of halogens is 3. The summed E-state index contributed by atoms with van der Waals surface area (Å²) in [5.41, 5.74) is -0.599. The molecule has 0 bridgehead atoms. The van der Waals surface area contributed by atoms with Gasteiger partial charge >= 0.3 is 12.1 Å². The third kappa shape index (κ3) is 1.79. The summed E-state index contributed by atoms with van der Waals surface area (Å²) in [6, 6.07) is 0. The highest BCUT2D eigenvalue weighted by atomic mass is 19.4. The van der Waals surface area contributed by atoms with Crippen molar-refractivity contribution in [1.82, 2.24) is 5.32 Å². The molecule has 1 aliphatic heterocycles. The SMILES string of the molecule is O=C1CCC2(CNC2OC(=O)C(F)(F)F)C1. The van der Waals surface area contributed by atoms with Gasteiger partial charge in [0.05, 0.1) is 0 Å². The Labute approximate surface area is 89.1 Å². The highest BCUT2D eigenvalue weighted by molar-refractivity contribution is 5.82. The van der Waals surface area contributed by atoms with Crippen molar-refractivity contribution >= 4 is 11.8 Å². The van der Waals surface area contributed by atoms with E-state index in [1.165, 1.54) is 0 Å². The van der Waals surface area contributed by atoms with Crippen molar-refractivity contribution in [3.05, 3.63) is 0 Å². The molecule has 1 heterocycles. The zero-order valence-corrected chi connectivity index (χ0v) is 8.26. The van der Waals surface area contributed by atoms with E-state index in [1.54, 1.807) is 0 Å². The Morgan fingerprint density at radius 1 is 1.50 bits per heavy atom. The van der Waals surface area contributed by atoms with Gasteiger partial charge in [0.15, 0.2) is 6.23 Å². The van der Waals surface area contributed by atoms with Gasteiger partial charge in [-0.25, -0.2) is 4.79 Å². The topological polar surface area (TPSA) is 55.4 Å². The Hall–Kier alpha value is -1.11. The number of Topliss-reactive ketones (excluding diaryl/α,β-unsaturated/α-hetero) is 1. The number of rotatable bonds is 1. The van der Waals surface area contributed by atoms with E-state index in [1.807, 2.05) is 0 Å². The molecule has 0 radical (unpaired) electrons. The van der Waals surface area contributed by atoms with Crippen LogP contribution in [0.4, 0.5) is 13.2 Å². The number of hydrogen-bond donors (Lipinski definition) is 1. The largest absolute Gasteiger partial charge is 0.490 e. The van der Waals surface area contributed by atoms with Gasteiger partial charge in [0.1, 0.15) is 5.78 Å². The number of carbonyl (C=O) groups excluding carboxylic acids is 2. The zero-order valence-electron chi connectivity index (χ0n) is 8.26. The molecule has 2 fully saturated rings. The van der Waals surface area contributed by atoms with E-state index >= 15 is 0 Å². The first-order chi connectivity index (χ1) is 7.33. The zero-order chi connectivity index (χ0) is 12.0. The second-order valence-corrected chi connectivity index (χ2v) is 4.24. The normalized spacial score (nSPS) is 33.9. The Morgan fingerprint density at radius 3 is 2.56 bits per heavy atom. The minimum atomic E-state index is -4.99. The Kier molecular flexibility index (Phi) is 2.45. The first-order valence-corrected chi connectivity index (χ1v) is 4.86. The molecular weight excluding hydrogens is 227 g/mol. The summed E-state index contributed by atoms with van der Waals surface area (Å²) in [4.78, 5) is 21.7. The van der Waals surface area contributed by atoms with Crippen LogP contribution in [-0.4, -0.2) is 30.7 Å². The van der Waals surface area contributed by atoms with Crippen LogP contribution < -0.4 is 5.32 Å². The van der Waals surface area contributed by atoms with Crippen LogP contribution in [-0.2, 0) is 14.3 Å². The fourth-order valence-corrected chi connectivity index (χ4v) is 2.15. The maximum Gasteiger partial charge on any atom is 0.490 e. The molecule has 0 aromatic rings. The van der Waals surface area contributed by atoms with Crippen molar-refractivity contribution in [1.29, 1.82) is 0 Å². The highest BCUT2D eigenvalue weighted by Gasteiger charge is 2.55. The smallest absolute Gasteiger partial charge is 0.439 e. The van der Waals surface area contributed by atoms with E-state index in [2.05, 4.69) is 10.1 Å². The van der Waals surface area contributed by atoms with E-state index in [0.29, 0.717) is 19.4 Å². The number of carbonyl (C=O) groups is 2. The monoisotopic (exact) mass is 237 g/mol. The second kappa shape index (κ2) is 3.44. The van der Waals surface area contributed by atoms with Crippen molar-refractivity contribution in [3.63, 3.8) is 0 Å². The van der Waals surface area contributed by atoms with E-state index in [4.69, 9.17) is 0 Å². The van der Waals surface area contributed by atoms with Crippen molar-refractivity contribution in [2.24, 2.45) is 5.41 Å². The molecule has 0 aromatic carbocycles. The number of nitrogens with one attached hydrogen (secondary N) is 1. The molecule has 1 spiro atoms. The number of ether oxygens (including phenoxy) is 1. The molecular formula is C9H10F3NO3. The molecule has 1 saturated carbocycles. The van der Waals surface area contributed by atoms with Gasteiger partial charge in [-0.2, -0.15) is 13.2 Å². The lowest BCUT2D eigenvalue weighted by Gasteiger charge is -2.46. The maximum absolute atomic E-state index is 12.0. The van der Waals surface area contributed by atoms with Crippen LogP contribution >= 0.6 is 0 Å². The molecule has 16 heavy (non-hydrogen) atoms. The van der Waals surface area contributed by atoms with E-state index < -0.39 is 23.8 Å². The number of alkyl halides is 3. The third-order valence-corrected chi connectivity index (χ3v) is 3.10. The first kappa shape index (κ1) is 11.4. The molecule has 2 rings (SSSR count). The van der Waals surface area contributed by atoms with Gasteiger partial charge in [-0.1, -0.05) is 0 Å². The third-order valence-electron chi connectivity index (χ3n) is 3.10. The van der Waals surface area contributed by atoms with Gasteiger partial charge in [-0.15, -0.1) is 0 Å². The number of ketones is 1. The predicted octanol–water partition coefficient (Wildman–Crippen LogP) is 0.761. The second-order valence-electron chi connectivity index (χ2n) is 4.24. The standard InChI is InChI=1S/C9H10F3NO3/c10-9(11,12)7(15)16-6-8(4-13-6)2-1-5(14)3-8/h6,13H,1-4H2. The van der Waals surface area contributed by atoms with Gasteiger partial charge in [0, 0.05) is 24.8 Å². The molecule has 0 amide bonds. The first-order valence-electron chi connectivity index (χ1n) is 4.86. The summed E-state index contributed by atoms with van der Waals surface area (Å²) in [6.07, 6.45) is -4.94. The summed E-state index contributed by atoms with van der Waals surface area (Å²) >= 11 is 0. The lowest BCUT2D eigenvalue weighted by atomic mass is 9.78. The fraction of sp³-hybridized carbons (Fsp3) is 0.778. The minimum Gasteiger partial charge on any atom is -0.439 e. The van der Waals surface area contributed by atoms with Crippen molar-refractivity contribution < 1.29 is 27.5 Å². The number of esters is 1. The summed E-state index contributed by atoms with van der Waals surface area (Å²) < 4.78 is 40.2. The Balaban J connectivity index is 1.97. The van der Waals surface area contributed by atoms with Crippen LogP contribution in [0.15, 0.2) is 0 Å². The maximum atomic E-state index is 12.0. The lowest BCUT2D eigenvalue weighted by molar-refractivity contribution is -0.221. The molecule has 90 valence electrons. The van der Waals surface area contributed by atoms with Crippen molar-refractivity contribution in [3.8, 4) is 0 Å². The minimum absolute atomic E-state index is 0.00885. The average Bonchev–Trinajstić information content (AvgIpc) is 2.55. The van der Waals surface area contributed by atoms with Crippen molar-refractivity contribution in [2.75, 3.05) is 6.54 Å². The summed E-state index contributed by atoms with van der Waals surface area (Å²) in [5, 5.41) is 2.61. The van der Waals surface area contributed by atoms with Gasteiger partial charge in [-0.05, 0) is 6.42 Å². The molecule has 4 nitrogen and oxygen atoms in total. The van der Waals surface area contributed by atoms with E-state index in [-0.39, 0.29) is 12.2 Å². The summed E-state index contributed by atoms with van der Waals surface area (Å²) in [5.74, 6) is -2.20. The van der Waals surface area contributed by atoms with Crippen LogP contribution in [0.1, 0.15) is 19.3 Å². The Bertz CT molecular complexity index is 341. The number of hydrogen-bond acceptors (Lipinski definition) is 4. The molecule has 0 aromatic heterocycles. The summed E-state index contributed by atoms with van der Waals surface area (Å²) in [6.45, 7) is 0.425. The molecule has 1 saturated heterocycles. The quantitative estimate of drug-likeness (QED) is 0.684. The van der Waals surface area contributed by atoms with E-state index in [0.717, 1.165) is 0 Å². The van der Waals surface area contributed by atoms with Gasteiger partial charge in [0.2, 0.25) is 0 Å². The molecule has 2 atom stereocenters. The lowest BCUT2D eigenvalue weighted by Crippen LogP contribution is -2.63. The van der Waals surface area contributed by atoms with Gasteiger partial charge in [0.25, 0.3) is 0 Å². The molecule has 7 heteroatoms. The fourth-order valence-electron chi connectivity index (χ4n) is 2.15. The predicted molar refractivity (Wildman–Crippen MR) is 45.2 cm³/mol. The van der Waals surface area contributed by atoms with Gasteiger partial charge in [-0.3, -0.25) is 10.1 Å². The highest BCUT2D eigenvalue weighted by Crippen LogP contribution is 2.44. The van der Waals surface area contributed by atoms with Gasteiger partial charge < -0.3 is 4.74 Å². The van der Waals surface area contributed by atoms with Crippen LogP contribution in [0.2, 0.25) is 0 Å². The van der Waals surface area contributed by atoms with Crippen LogP contribution in [0.25, 0.3) is 0 Å². The molecule has 1 N–H and O–H groups in total. The Morgan fingerprint density at radius 2 is 2.19 bits per heavy atom. The molecule has 2 aliphatic rings. The average molecular weight is 237 g/mol. The molecule has 1 aliphatic carbocycles. The summed E-state index contributed by atoms with van der Waals surface area (Å²) in [7, 11) is 0. The van der Waals surface area contributed by atoms with Crippen LogP contribution in [0.3, 0.4) is 0 Å². The molecule has 2 unspecified atom stereocenters. The van der Waals surface area contributed by atoms with Crippen LogP contribution in [0, 0.1) is 5.41 Å². The van der Waals surface area contributed by atoms with Crippen LogP contribution in [0.5, 0.6) is 0 Å². The van der Waals surface area contributed by atoms with Crippen molar-refractivity contribution in [2.45, 2.75) is 31.7 Å².